The molecule has 1 atom stereocenters. The van der Waals surface area contributed by atoms with Crippen molar-refractivity contribution in [3.63, 3.8) is 0 Å². The van der Waals surface area contributed by atoms with Gasteiger partial charge in [0.05, 0.1) is 7.11 Å². The van der Waals surface area contributed by atoms with Crippen molar-refractivity contribution in [3.05, 3.63) is 100 Å². The van der Waals surface area contributed by atoms with Gasteiger partial charge in [0, 0.05) is 33.4 Å². The Morgan fingerprint density at radius 1 is 1.12 bits per heavy atom. The molecule has 2 aliphatic heterocycles. The average Bonchev–Trinajstić information content (AvgIpc) is 3.64. The molecule has 3 aromatic carbocycles. The summed E-state index contributed by atoms with van der Waals surface area (Å²) in [6.45, 7) is -0.810. The largest absolute Gasteiger partial charge is 0.496 e. The molecule has 1 N–H and O–H groups in total. The lowest BCUT2D eigenvalue weighted by atomic mass is 9.88. The zero-order valence-corrected chi connectivity index (χ0v) is 23.3. The fourth-order valence-corrected chi connectivity index (χ4v) is 6.23. The van der Waals surface area contributed by atoms with Gasteiger partial charge in [-0.2, -0.15) is 0 Å². The van der Waals surface area contributed by atoms with E-state index >= 15 is 0 Å². The lowest BCUT2D eigenvalue weighted by molar-refractivity contribution is -0.120. The quantitative estimate of drug-likeness (QED) is 0.289. The van der Waals surface area contributed by atoms with Crippen LogP contribution in [-0.4, -0.2) is 53.8 Å². The van der Waals surface area contributed by atoms with Gasteiger partial charge in [-0.1, -0.05) is 36.4 Å². The minimum Gasteiger partial charge on any atom is -0.496 e. The van der Waals surface area contributed by atoms with Crippen LogP contribution < -0.4 is 10.1 Å². The molecule has 210 valence electrons. The molecule has 1 aromatic heterocycles. The van der Waals surface area contributed by atoms with Crippen LogP contribution in [0.5, 0.6) is 5.75 Å². The number of thiazole rings is 1. The number of anilines is 1. The molecule has 1 saturated heterocycles. The second-order valence-corrected chi connectivity index (χ2v) is 11.2. The molecule has 2 aliphatic rings. The summed E-state index contributed by atoms with van der Waals surface area (Å²) in [6, 6.07) is 16.6. The summed E-state index contributed by atoms with van der Waals surface area (Å²) in [7, 11) is 1.44. The van der Waals surface area contributed by atoms with Crippen molar-refractivity contribution in [3.8, 4) is 16.9 Å². The highest BCUT2D eigenvalue weighted by Gasteiger charge is 2.39. The molecule has 0 bridgehead atoms. The smallest absolute Gasteiger partial charge is 0.255 e. The lowest BCUT2D eigenvalue weighted by Gasteiger charge is -2.29. The highest BCUT2D eigenvalue weighted by molar-refractivity contribution is 7.13. The van der Waals surface area contributed by atoms with E-state index in [2.05, 4.69) is 22.4 Å². The number of ether oxygens (including phenoxy) is 1. The average molecular weight is 574 g/mol. The Morgan fingerprint density at radius 2 is 1.90 bits per heavy atom. The number of halogens is 1. The standard InChI is InChI=1S/C32H31FN4O3S/c1-36-14-11-22(12-15-36)20-3-5-21(6-4-20)23-7-8-24-19-37(31(39)26(24)17-23)29(30(38)35-32-34-13-16-41-32)27-18-25(33)9-10-28(27)40-2/h3-10,13,16-18,22,29H,11-12,14-15,19H2,1-2H3,(H,34,35,38)/i1D3. The van der Waals surface area contributed by atoms with Crippen molar-refractivity contribution >= 4 is 28.3 Å². The third-order valence-electron chi connectivity index (χ3n) is 7.86. The fraction of sp³-hybridized carbons (Fsp3) is 0.281. The fourth-order valence-electron chi connectivity index (χ4n) is 5.70. The first-order valence-corrected chi connectivity index (χ1v) is 14.3. The van der Waals surface area contributed by atoms with Gasteiger partial charge in [-0.25, -0.2) is 9.37 Å². The second-order valence-electron chi connectivity index (χ2n) is 10.3. The third-order valence-corrected chi connectivity index (χ3v) is 8.55. The first-order valence-electron chi connectivity index (χ1n) is 15.0. The Morgan fingerprint density at radius 3 is 2.61 bits per heavy atom. The van der Waals surface area contributed by atoms with Gasteiger partial charge in [0.2, 0.25) is 0 Å². The summed E-state index contributed by atoms with van der Waals surface area (Å²) in [5.74, 6) is -0.828. The number of piperidine rings is 1. The van der Waals surface area contributed by atoms with E-state index in [1.807, 2.05) is 30.3 Å². The molecular formula is C32H31FN4O3S. The number of likely N-dealkylation sites (tertiary alicyclic amines) is 1. The van der Waals surface area contributed by atoms with Crippen molar-refractivity contribution in [1.29, 1.82) is 0 Å². The van der Waals surface area contributed by atoms with Crippen molar-refractivity contribution < 1.29 is 22.8 Å². The Bertz CT molecular complexity index is 1670. The summed E-state index contributed by atoms with van der Waals surface area (Å²) < 4.78 is 42.9. The number of hydrogen-bond donors (Lipinski definition) is 1. The summed E-state index contributed by atoms with van der Waals surface area (Å²) in [6.07, 6.45) is 3.13. The zero-order chi connectivity index (χ0) is 31.0. The van der Waals surface area contributed by atoms with E-state index in [-0.39, 0.29) is 18.0 Å². The minimum atomic E-state index is -2.05. The number of nitrogens with zero attached hydrogens (tertiary/aromatic N) is 3. The molecule has 0 aliphatic carbocycles. The highest BCUT2D eigenvalue weighted by Crippen LogP contribution is 2.38. The minimum absolute atomic E-state index is 0.165. The van der Waals surface area contributed by atoms with Crippen molar-refractivity contribution in [2.75, 3.05) is 32.5 Å². The Balaban J connectivity index is 1.25. The van der Waals surface area contributed by atoms with E-state index < -0.39 is 24.7 Å². The van der Waals surface area contributed by atoms with Gasteiger partial charge in [0.25, 0.3) is 11.8 Å². The summed E-state index contributed by atoms with van der Waals surface area (Å²) >= 11 is 1.24. The van der Waals surface area contributed by atoms with Crippen LogP contribution in [0.3, 0.4) is 0 Å². The number of amides is 2. The van der Waals surface area contributed by atoms with Crippen LogP contribution in [0.25, 0.3) is 11.1 Å². The van der Waals surface area contributed by atoms with Gasteiger partial charge >= 0.3 is 0 Å². The maximum Gasteiger partial charge on any atom is 0.255 e. The molecule has 7 nitrogen and oxygen atoms in total. The van der Waals surface area contributed by atoms with Gasteiger partial charge < -0.3 is 14.5 Å². The van der Waals surface area contributed by atoms with Crippen LogP contribution in [-0.2, 0) is 11.3 Å². The molecule has 0 saturated carbocycles. The number of rotatable bonds is 7. The predicted molar refractivity (Wildman–Crippen MR) is 158 cm³/mol. The van der Waals surface area contributed by atoms with E-state index in [0.29, 0.717) is 35.5 Å². The van der Waals surface area contributed by atoms with Crippen molar-refractivity contribution in [1.82, 2.24) is 14.8 Å². The van der Waals surface area contributed by atoms with Gasteiger partial charge in [-0.15, -0.1) is 11.3 Å². The molecule has 9 heteroatoms. The van der Waals surface area contributed by atoms with Gasteiger partial charge in [-0.3, -0.25) is 14.9 Å². The molecular weight excluding hydrogens is 539 g/mol. The Hall–Kier alpha value is -4.08. The van der Waals surface area contributed by atoms with E-state index in [1.165, 1.54) is 47.1 Å². The second kappa shape index (κ2) is 11.4. The van der Waals surface area contributed by atoms with Crippen LogP contribution in [0.4, 0.5) is 9.52 Å². The number of hydrogen-bond acceptors (Lipinski definition) is 6. The van der Waals surface area contributed by atoms with E-state index in [0.717, 1.165) is 29.5 Å². The number of methoxy groups -OCH3 is 1. The first kappa shape index (κ1) is 23.6. The zero-order valence-electron chi connectivity index (χ0n) is 25.5. The van der Waals surface area contributed by atoms with Gasteiger partial charge in [-0.05, 0) is 85.3 Å². The number of benzene rings is 3. The van der Waals surface area contributed by atoms with Crippen LogP contribution in [0.2, 0.25) is 0 Å². The Labute approximate surface area is 246 Å². The normalized spacial score (nSPS) is 17.9. The van der Waals surface area contributed by atoms with Gasteiger partial charge in [0.1, 0.15) is 17.6 Å². The highest BCUT2D eigenvalue weighted by atomic mass is 32.1. The SMILES string of the molecule is [2H]C([2H])([2H])N1CCC(c2ccc(-c3ccc4c(c3)C(=O)N(C(C(=O)Nc3nccs3)c3cc(F)ccc3OC)C4)cc2)CC1. The molecule has 0 radical (unpaired) electrons. The molecule has 1 fully saturated rings. The predicted octanol–water partition coefficient (Wildman–Crippen LogP) is 6.10. The van der Waals surface area contributed by atoms with Crippen LogP contribution in [0, 0.1) is 5.82 Å². The van der Waals surface area contributed by atoms with Crippen LogP contribution in [0.1, 0.15) is 56.0 Å². The Kier molecular flexibility index (Phi) is 6.58. The lowest BCUT2D eigenvalue weighted by Crippen LogP contribution is -2.37. The molecule has 41 heavy (non-hydrogen) atoms. The third kappa shape index (κ3) is 5.47. The topological polar surface area (TPSA) is 74.8 Å². The molecule has 4 aromatic rings. The first-order chi connectivity index (χ1) is 21.1. The molecule has 1 unspecified atom stereocenters. The van der Waals surface area contributed by atoms with E-state index in [9.17, 15) is 14.0 Å². The molecule has 3 heterocycles. The van der Waals surface area contributed by atoms with E-state index in [4.69, 9.17) is 8.85 Å². The molecule has 2 amide bonds. The van der Waals surface area contributed by atoms with Crippen LogP contribution in [0.15, 0.2) is 72.2 Å². The summed E-state index contributed by atoms with van der Waals surface area (Å²) in [5, 5.41) is 4.85. The monoisotopic (exact) mass is 573 g/mol. The molecule has 0 spiro atoms. The van der Waals surface area contributed by atoms with Crippen molar-refractivity contribution in [2.45, 2.75) is 31.3 Å². The van der Waals surface area contributed by atoms with Crippen LogP contribution >= 0.6 is 11.3 Å². The maximum absolute atomic E-state index is 14.5. The number of aromatic nitrogens is 1. The van der Waals surface area contributed by atoms with E-state index in [1.54, 1.807) is 16.5 Å². The number of nitrogens with one attached hydrogen (secondary N) is 1. The maximum atomic E-state index is 14.5. The summed E-state index contributed by atoms with van der Waals surface area (Å²) in [5.41, 5.74) is 4.44. The number of fused-ring (bicyclic) bond motifs is 1. The number of carbonyl (C=O) groups excluding carboxylic acids is 2. The van der Waals surface area contributed by atoms with Crippen molar-refractivity contribution in [2.24, 2.45) is 0 Å². The summed E-state index contributed by atoms with van der Waals surface area (Å²) in [4.78, 5) is 34.7. The number of carbonyl (C=O) groups is 2. The molecule has 6 rings (SSSR count). The van der Waals surface area contributed by atoms with Gasteiger partial charge in [0.15, 0.2) is 5.13 Å².